The summed E-state index contributed by atoms with van der Waals surface area (Å²) in [6.07, 6.45) is 1.86. The van der Waals surface area contributed by atoms with Gasteiger partial charge in [0.25, 0.3) is 0 Å². The highest BCUT2D eigenvalue weighted by molar-refractivity contribution is 9.10. The van der Waals surface area contributed by atoms with E-state index >= 15 is 0 Å². The molecule has 0 saturated carbocycles. The normalized spacial score (nSPS) is 18.3. The SMILES string of the molecule is CCOC(=O)c1c(CBr)ccc(Br)c1O[C@@H]1CCCOC1. The average Bonchev–Trinajstić information content (AvgIpc) is 2.50. The number of ether oxygens (including phenoxy) is 3. The number of carbonyl (C=O) groups is 1. The largest absolute Gasteiger partial charge is 0.486 e. The van der Waals surface area contributed by atoms with Crippen LogP contribution >= 0.6 is 31.9 Å². The Morgan fingerprint density at radius 2 is 2.29 bits per heavy atom. The fourth-order valence-corrected chi connectivity index (χ4v) is 3.11. The summed E-state index contributed by atoms with van der Waals surface area (Å²) < 4.78 is 17.4. The number of halogens is 2. The Morgan fingerprint density at radius 3 is 2.90 bits per heavy atom. The molecular weight excluding hydrogens is 404 g/mol. The van der Waals surface area contributed by atoms with Crippen LogP contribution in [0.25, 0.3) is 0 Å². The Bertz CT molecular complexity index is 499. The number of hydrogen-bond acceptors (Lipinski definition) is 4. The molecule has 0 unspecified atom stereocenters. The van der Waals surface area contributed by atoms with Crippen LogP contribution in [0, 0.1) is 0 Å². The molecule has 1 heterocycles. The van der Waals surface area contributed by atoms with Crippen LogP contribution in [0.5, 0.6) is 5.75 Å². The summed E-state index contributed by atoms with van der Waals surface area (Å²) in [7, 11) is 0. The molecule has 1 aromatic rings. The summed E-state index contributed by atoms with van der Waals surface area (Å²) in [5.41, 5.74) is 1.33. The maximum absolute atomic E-state index is 12.3. The maximum Gasteiger partial charge on any atom is 0.342 e. The highest BCUT2D eigenvalue weighted by Gasteiger charge is 2.24. The van der Waals surface area contributed by atoms with Gasteiger partial charge in [-0.05, 0) is 47.3 Å². The van der Waals surface area contributed by atoms with Gasteiger partial charge in [0.1, 0.15) is 17.4 Å². The zero-order valence-corrected chi connectivity index (χ0v) is 15.0. The number of alkyl halides is 1. The van der Waals surface area contributed by atoms with Gasteiger partial charge in [-0.15, -0.1) is 0 Å². The average molecular weight is 422 g/mol. The Hall–Kier alpha value is -0.590. The number of esters is 1. The lowest BCUT2D eigenvalue weighted by atomic mass is 10.1. The highest BCUT2D eigenvalue weighted by Crippen LogP contribution is 2.35. The fourth-order valence-electron chi connectivity index (χ4n) is 2.22. The quantitative estimate of drug-likeness (QED) is 0.530. The summed E-state index contributed by atoms with van der Waals surface area (Å²) in [5.74, 6) is 0.181. The molecule has 1 fully saturated rings. The first-order valence-corrected chi connectivity index (χ1v) is 8.87. The zero-order chi connectivity index (χ0) is 15.2. The number of rotatable bonds is 5. The topological polar surface area (TPSA) is 44.8 Å². The minimum atomic E-state index is -0.361. The third kappa shape index (κ3) is 4.20. The van der Waals surface area contributed by atoms with Crippen LogP contribution in [0.2, 0.25) is 0 Å². The van der Waals surface area contributed by atoms with Crippen LogP contribution in [0.1, 0.15) is 35.7 Å². The number of hydrogen-bond donors (Lipinski definition) is 0. The predicted octanol–water partition coefficient (Wildman–Crippen LogP) is 4.08. The first kappa shape index (κ1) is 16.8. The van der Waals surface area contributed by atoms with Gasteiger partial charge < -0.3 is 14.2 Å². The Balaban J connectivity index is 2.34. The van der Waals surface area contributed by atoms with Crippen molar-refractivity contribution in [3.05, 3.63) is 27.7 Å². The van der Waals surface area contributed by atoms with Crippen LogP contribution in [-0.2, 0) is 14.8 Å². The summed E-state index contributed by atoms with van der Waals surface area (Å²) in [4.78, 5) is 12.3. The second-order valence-electron chi connectivity index (χ2n) is 4.72. The summed E-state index contributed by atoms with van der Waals surface area (Å²) in [6.45, 7) is 3.44. The molecule has 6 heteroatoms. The van der Waals surface area contributed by atoms with Crippen molar-refractivity contribution < 1.29 is 19.0 Å². The van der Waals surface area contributed by atoms with Crippen LogP contribution in [0.3, 0.4) is 0 Å². The van der Waals surface area contributed by atoms with E-state index in [9.17, 15) is 4.79 Å². The number of benzene rings is 1. The molecule has 0 N–H and O–H groups in total. The molecule has 0 amide bonds. The third-order valence-corrected chi connectivity index (χ3v) is 4.45. The van der Waals surface area contributed by atoms with Gasteiger partial charge in [0.05, 0.1) is 17.7 Å². The maximum atomic E-state index is 12.3. The van der Waals surface area contributed by atoms with E-state index in [0.717, 1.165) is 29.5 Å². The first-order chi connectivity index (χ1) is 10.2. The van der Waals surface area contributed by atoms with Crippen molar-refractivity contribution in [1.82, 2.24) is 0 Å². The molecule has 0 spiro atoms. The van der Waals surface area contributed by atoms with E-state index in [2.05, 4.69) is 31.9 Å². The molecule has 0 aromatic heterocycles. The molecular formula is C15H18Br2O4. The lowest BCUT2D eigenvalue weighted by Crippen LogP contribution is -2.29. The van der Waals surface area contributed by atoms with Crippen LogP contribution < -0.4 is 4.74 Å². The minimum absolute atomic E-state index is 0.0335. The highest BCUT2D eigenvalue weighted by atomic mass is 79.9. The van der Waals surface area contributed by atoms with Crippen molar-refractivity contribution in [2.45, 2.75) is 31.2 Å². The van der Waals surface area contributed by atoms with Crippen molar-refractivity contribution in [2.24, 2.45) is 0 Å². The van der Waals surface area contributed by atoms with E-state index in [1.54, 1.807) is 6.92 Å². The van der Waals surface area contributed by atoms with E-state index in [0.29, 0.717) is 29.9 Å². The van der Waals surface area contributed by atoms with Gasteiger partial charge in [-0.3, -0.25) is 0 Å². The van der Waals surface area contributed by atoms with Gasteiger partial charge in [-0.2, -0.15) is 0 Å². The summed E-state index contributed by atoms with van der Waals surface area (Å²) >= 11 is 6.88. The van der Waals surface area contributed by atoms with Gasteiger partial charge >= 0.3 is 5.97 Å². The lowest BCUT2D eigenvalue weighted by molar-refractivity contribution is 0.00613. The molecule has 1 aromatic carbocycles. The van der Waals surface area contributed by atoms with Crippen molar-refractivity contribution in [2.75, 3.05) is 19.8 Å². The van der Waals surface area contributed by atoms with E-state index in [4.69, 9.17) is 14.2 Å². The third-order valence-electron chi connectivity index (χ3n) is 3.22. The molecule has 0 aliphatic carbocycles. The van der Waals surface area contributed by atoms with E-state index in [-0.39, 0.29) is 12.1 Å². The van der Waals surface area contributed by atoms with Crippen LogP contribution in [0.4, 0.5) is 0 Å². The van der Waals surface area contributed by atoms with Gasteiger partial charge in [0, 0.05) is 11.9 Å². The van der Waals surface area contributed by atoms with E-state index in [1.165, 1.54) is 0 Å². The molecule has 2 rings (SSSR count). The van der Waals surface area contributed by atoms with Crippen LogP contribution in [-0.4, -0.2) is 31.9 Å². The van der Waals surface area contributed by atoms with Crippen molar-refractivity contribution in [1.29, 1.82) is 0 Å². The summed E-state index contributed by atoms with van der Waals surface area (Å²) in [5, 5.41) is 0.561. The first-order valence-electron chi connectivity index (χ1n) is 6.96. The molecule has 21 heavy (non-hydrogen) atoms. The molecule has 4 nitrogen and oxygen atoms in total. The van der Waals surface area contributed by atoms with Gasteiger partial charge in [-0.1, -0.05) is 22.0 Å². The van der Waals surface area contributed by atoms with Crippen LogP contribution in [0.15, 0.2) is 16.6 Å². The molecule has 116 valence electrons. The zero-order valence-electron chi connectivity index (χ0n) is 11.9. The molecule has 1 saturated heterocycles. The molecule has 0 radical (unpaired) electrons. The van der Waals surface area contributed by atoms with Crippen molar-refractivity contribution in [3.8, 4) is 5.75 Å². The van der Waals surface area contributed by atoms with Gasteiger partial charge in [0.15, 0.2) is 0 Å². The van der Waals surface area contributed by atoms with Crippen molar-refractivity contribution in [3.63, 3.8) is 0 Å². The second-order valence-corrected chi connectivity index (χ2v) is 6.14. The smallest absolute Gasteiger partial charge is 0.342 e. The molecule has 1 aliphatic heterocycles. The second kappa shape index (κ2) is 8.15. The molecule has 1 atom stereocenters. The monoisotopic (exact) mass is 420 g/mol. The Labute approximate surface area is 141 Å². The Morgan fingerprint density at radius 1 is 1.48 bits per heavy atom. The summed E-state index contributed by atoms with van der Waals surface area (Å²) in [6, 6.07) is 3.77. The fraction of sp³-hybridized carbons (Fsp3) is 0.533. The van der Waals surface area contributed by atoms with Gasteiger partial charge in [0.2, 0.25) is 0 Å². The molecule has 1 aliphatic rings. The standard InChI is InChI=1S/C15H18Br2O4/c1-2-20-15(18)13-10(8-16)5-6-12(17)14(13)21-11-4-3-7-19-9-11/h5-6,11H,2-4,7-9H2,1H3/t11-/m1/s1. The molecule has 0 bridgehead atoms. The predicted molar refractivity (Wildman–Crippen MR) is 87.2 cm³/mol. The Kier molecular flexibility index (Phi) is 6.51. The van der Waals surface area contributed by atoms with E-state index < -0.39 is 0 Å². The number of carbonyl (C=O) groups excluding carboxylic acids is 1. The van der Waals surface area contributed by atoms with E-state index in [1.807, 2.05) is 12.1 Å². The minimum Gasteiger partial charge on any atom is -0.486 e. The van der Waals surface area contributed by atoms with Crippen molar-refractivity contribution >= 4 is 37.8 Å². The van der Waals surface area contributed by atoms with Gasteiger partial charge in [-0.25, -0.2) is 4.79 Å². The lowest BCUT2D eigenvalue weighted by Gasteiger charge is -2.25.